The number of anilines is 1. The molecule has 1 fully saturated rings. The fourth-order valence-electron chi connectivity index (χ4n) is 1.53. The molecule has 2 aliphatic heterocycles. The Hall–Kier alpha value is -0.550. The van der Waals surface area contributed by atoms with Gasteiger partial charge in [-0.15, -0.1) is 0 Å². The van der Waals surface area contributed by atoms with Crippen LogP contribution in [0.25, 0.3) is 0 Å². The zero-order valence-corrected chi connectivity index (χ0v) is 10.6. The van der Waals surface area contributed by atoms with Gasteiger partial charge in [0.05, 0.1) is 16.8 Å². The number of halogens is 1. The molecule has 0 N–H and O–H groups in total. The summed E-state index contributed by atoms with van der Waals surface area (Å²) in [6.07, 6.45) is 1.01. The smallest absolute Gasteiger partial charge is 0.249 e. The molecule has 2 aliphatic rings. The van der Waals surface area contributed by atoms with Crippen molar-refractivity contribution >= 4 is 33.6 Å². The van der Waals surface area contributed by atoms with Gasteiger partial charge in [0.1, 0.15) is 5.75 Å². The van der Waals surface area contributed by atoms with Crippen molar-refractivity contribution in [3.8, 4) is 11.5 Å². The van der Waals surface area contributed by atoms with Gasteiger partial charge in [0.2, 0.25) is 5.56 Å². The fourth-order valence-corrected chi connectivity index (χ4v) is 2.68. The van der Waals surface area contributed by atoms with Gasteiger partial charge in [0.15, 0.2) is 5.75 Å². The highest BCUT2D eigenvalue weighted by atomic mass is 79.9. The quantitative estimate of drug-likeness (QED) is 0.627. The first kappa shape index (κ1) is 9.66. The van der Waals surface area contributed by atoms with E-state index in [0.29, 0.717) is 0 Å². The van der Waals surface area contributed by atoms with Gasteiger partial charge in [-0.05, 0) is 28.4 Å². The molecule has 3 rings (SSSR count). The second-order valence-electron chi connectivity index (χ2n) is 3.45. The van der Waals surface area contributed by atoms with Crippen molar-refractivity contribution in [2.45, 2.75) is 18.9 Å². The summed E-state index contributed by atoms with van der Waals surface area (Å²) in [6, 6.07) is 4.02. The van der Waals surface area contributed by atoms with Crippen molar-refractivity contribution < 1.29 is 9.47 Å². The van der Waals surface area contributed by atoms with Gasteiger partial charge in [-0.1, -0.05) is 6.92 Å². The van der Waals surface area contributed by atoms with Crippen LogP contribution in [0.4, 0.5) is 5.69 Å². The van der Waals surface area contributed by atoms with Gasteiger partial charge in [-0.25, -0.2) is 0 Å². The van der Waals surface area contributed by atoms with Crippen molar-refractivity contribution in [1.82, 2.24) is 0 Å². The van der Waals surface area contributed by atoms with E-state index in [1.165, 1.54) is 0 Å². The maximum atomic E-state index is 5.64. The monoisotopic (exact) mass is 287 g/mol. The molecule has 1 aromatic carbocycles. The maximum absolute atomic E-state index is 5.64. The Bertz CT molecular complexity index is 413. The van der Waals surface area contributed by atoms with Crippen LogP contribution in [0.5, 0.6) is 11.5 Å². The first-order chi connectivity index (χ1) is 7.29. The topological polar surface area (TPSA) is 21.5 Å². The van der Waals surface area contributed by atoms with Gasteiger partial charge in [-0.2, -0.15) is 0 Å². The van der Waals surface area contributed by atoms with Crippen LogP contribution in [0.1, 0.15) is 13.3 Å². The van der Waals surface area contributed by atoms with Crippen LogP contribution in [-0.2, 0) is 0 Å². The molecule has 1 atom stereocenters. The van der Waals surface area contributed by atoms with Gasteiger partial charge in [0.25, 0.3) is 0 Å². The molecule has 2 heterocycles. The lowest BCUT2D eigenvalue weighted by Crippen LogP contribution is -1.96. The summed E-state index contributed by atoms with van der Waals surface area (Å²) in [6.45, 7) is 2.83. The largest absolute Gasteiger partial charge is 0.492 e. The Balaban J connectivity index is 1.90. The van der Waals surface area contributed by atoms with Crippen molar-refractivity contribution in [1.29, 1.82) is 0 Å². The number of rotatable bonds is 3. The summed E-state index contributed by atoms with van der Waals surface area (Å²) in [7, 11) is 0. The summed E-state index contributed by atoms with van der Waals surface area (Å²) < 4.78 is 14.4. The second kappa shape index (κ2) is 3.49. The van der Waals surface area contributed by atoms with Crippen molar-refractivity contribution in [3.05, 3.63) is 16.6 Å². The summed E-state index contributed by atoms with van der Waals surface area (Å²) >= 11 is 5.21. The van der Waals surface area contributed by atoms with Crippen molar-refractivity contribution in [3.63, 3.8) is 0 Å². The van der Waals surface area contributed by atoms with E-state index in [9.17, 15) is 0 Å². The standard InChI is InChI=1S/C10H10BrNO2S/c1-2-3-13-8-5-9-7(4-6(8)11)12-10(14-9)15-12/h4-5,10H,2-3H2,1H3. The lowest BCUT2D eigenvalue weighted by atomic mass is 10.3. The third-order valence-corrected chi connectivity index (χ3v) is 3.80. The van der Waals surface area contributed by atoms with Crippen LogP contribution in [0.3, 0.4) is 0 Å². The Morgan fingerprint density at radius 3 is 3.27 bits per heavy atom. The molecule has 0 radical (unpaired) electrons. The van der Waals surface area contributed by atoms with Crippen LogP contribution in [0.2, 0.25) is 0 Å². The molecular weight excluding hydrogens is 278 g/mol. The number of hydrogen-bond acceptors (Lipinski definition) is 4. The second-order valence-corrected chi connectivity index (χ2v) is 5.32. The summed E-state index contributed by atoms with van der Waals surface area (Å²) in [5.41, 5.74) is 1.34. The zero-order valence-electron chi connectivity index (χ0n) is 8.20. The van der Waals surface area contributed by atoms with Crippen molar-refractivity contribution in [2.75, 3.05) is 10.9 Å². The molecule has 0 bridgehead atoms. The molecule has 0 aromatic heterocycles. The fraction of sp³-hybridized carbons (Fsp3) is 0.400. The SMILES string of the molecule is CCCOc1cc2c(cc1Br)N1SC1O2. The predicted octanol–water partition coefficient (Wildman–Crippen LogP) is 3.38. The minimum Gasteiger partial charge on any atom is -0.492 e. The first-order valence-corrected chi connectivity index (χ1v) is 6.51. The number of ether oxygens (including phenoxy) is 2. The van der Waals surface area contributed by atoms with E-state index in [1.807, 2.05) is 6.07 Å². The minimum atomic E-state index is 0.202. The van der Waals surface area contributed by atoms with E-state index in [2.05, 4.69) is 33.2 Å². The number of fused-ring (bicyclic) bond motifs is 3. The van der Waals surface area contributed by atoms with Crippen molar-refractivity contribution in [2.24, 2.45) is 0 Å². The van der Waals surface area contributed by atoms with E-state index < -0.39 is 0 Å². The van der Waals surface area contributed by atoms with Crippen LogP contribution < -0.4 is 13.8 Å². The predicted molar refractivity (Wildman–Crippen MR) is 64.4 cm³/mol. The van der Waals surface area contributed by atoms with Crippen LogP contribution >= 0.6 is 27.9 Å². The molecule has 5 heteroatoms. The van der Waals surface area contributed by atoms with E-state index in [4.69, 9.17) is 9.47 Å². The van der Waals surface area contributed by atoms with Gasteiger partial charge in [-0.3, -0.25) is 4.31 Å². The molecule has 15 heavy (non-hydrogen) atoms. The summed E-state index contributed by atoms with van der Waals surface area (Å²) in [5.74, 6) is 1.79. The Morgan fingerprint density at radius 1 is 1.60 bits per heavy atom. The highest BCUT2D eigenvalue weighted by Crippen LogP contribution is 2.57. The maximum Gasteiger partial charge on any atom is 0.249 e. The Morgan fingerprint density at radius 2 is 2.47 bits per heavy atom. The summed E-state index contributed by atoms with van der Waals surface area (Å²) in [4.78, 5) is 0. The normalized spacial score (nSPS) is 20.7. The van der Waals surface area contributed by atoms with Gasteiger partial charge in [0, 0.05) is 18.0 Å². The van der Waals surface area contributed by atoms with Crippen LogP contribution in [-0.4, -0.2) is 12.2 Å². The minimum absolute atomic E-state index is 0.202. The lowest BCUT2D eigenvalue weighted by molar-refractivity contribution is 0.310. The number of hydrogen-bond donors (Lipinski definition) is 0. The van der Waals surface area contributed by atoms with Crippen LogP contribution in [0.15, 0.2) is 16.6 Å². The average molecular weight is 288 g/mol. The van der Waals surface area contributed by atoms with Crippen LogP contribution in [0, 0.1) is 0 Å². The third kappa shape index (κ3) is 1.58. The number of benzene rings is 1. The van der Waals surface area contributed by atoms with E-state index in [0.717, 1.165) is 34.7 Å². The highest BCUT2D eigenvalue weighted by molar-refractivity contribution is 9.10. The molecule has 0 spiro atoms. The summed E-state index contributed by atoms with van der Waals surface area (Å²) in [5, 5.41) is 0. The van der Waals surface area contributed by atoms with Gasteiger partial charge < -0.3 is 9.47 Å². The zero-order chi connectivity index (χ0) is 10.4. The van der Waals surface area contributed by atoms with Gasteiger partial charge >= 0.3 is 0 Å². The molecule has 0 aliphatic carbocycles. The van der Waals surface area contributed by atoms with E-state index in [1.54, 1.807) is 11.9 Å². The molecule has 1 aromatic rings. The average Bonchev–Trinajstić information content (AvgIpc) is 2.91. The first-order valence-electron chi connectivity index (χ1n) is 4.88. The molecule has 0 saturated carbocycles. The molecular formula is C10H10BrNO2S. The van der Waals surface area contributed by atoms with E-state index in [-0.39, 0.29) is 5.56 Å². The van der Waals surface area contributed by atoms with E-state index >= 15 is 0 Å². The number of nitrogens with zero attached hydrogens (tertiary/aromatic N) is 1. The molecule has 3 nitrogen and oxygen atoms in total. The lowest BCUT2D eigenvalue weighted by Gasteiger charge is -2.09. The molecule has 80 valence electrons. The molecule has 0 amide bonds. The third-order valence-electron chi connectivity index (χ3n) is 2.29. The molecule has 1 saturated heterocycles. The Kier molecular flexibility index (Phi) is 2.25. The highest BCUT2D eigenvalue weighted by Gasteiger charge is 2.47. The Labute approximate surface area is 101 Å². The molecule has 1 unspecified atom stereocenters.